The van der Waals surface area contributed by atoms with Crippen LogP contribution < -0.4 is 5.56 Å². The number of aryl methyl sites for hydroxylation is 1. The number of nitrogens with zero attached hydrogens (tertiary/aromatic N) is 3. The maximum Gasteiger partial charge on any atom is 0.360 e. The zero-order valence-electron chi connectivity index (χ0n) is 11.6. The molecule has 0 aliphatic heterocycles. The molecule has 3 rings (SSSR count). The summed E-state index contributed by atoms with van der Waals surface area (Å²) < 4.78 is 1.70. The Balaban J connectivity index is 2.24. The maximum atomic E-state index is 11.6. The van der Waals surface area contributed by atoms with E-state index < -0.39 is 17.2 Å². The van der Waals surface area contributed by atoms with Crippen molar-refractivity contribution in [3.05, 3.63) is 52.0 Å². The summed E-state index contributed by atoms with van der Waals surface area (Å²) in [5.74, 6) is -1.38. The number of carboxylic acid groups (broad SMARTS) is 1. The Morgan fingerprint density at radius 3 is 2.82 bits per heavy atom. The molecule has 2 heterocycles. The molecule has 0 radical (unpaired) electrons. The Hall–Kier alpha value is -3.00. The number of benzene rings is 1. The van der Waals surface area contributed by atoms with Crippen molar-refractivity contribution in [2.75, 3.05) is 0 Å². The van der Waals surface area contributed by atoms with Gasteiger partial charge in [0, 0.05) is 6.20 Å². The lowest BCUT2D eigenvalue weighted by molar-refractivity contribution is 0.0689. The van der Waals surface area contributed by atoms with Gasteiger partial charge in [0.2, 0.25) is 5.69 Å². The number of H-pyrrole nitrogens is 1. The molecule has 8 heteroatoms. The van der Waals surface area contributed by atoms with E-state index in [0.29, 0.717) is 16.7 Å². The molecule has 1 aromatic carbocycles. The second-order valence-electron chi connectivity index (χ2n) is 4.81. The van der Waals surface area contributed by atoms with Gasteiger partial charge < -0.3 is 19.8 Å². The number of carboxylic acids is 1. The van der Waals surface area contributed by atoms with E-state index in [0.717, 1.165) is 11.3 Å². The molecule has 0 saturated heterocycles. The van der Waals surface area contributed by atoms with Crippen molar-refractivity contribution in [2.24, 2.45) is 0 Å². The van der Waals surface area contributed by atoms with Gasteiger partial charge in [0.15, 0.2) is 0 Å². The summed E-state index contributed by atoms with van der Waals surface area (Å²) in [6, 6.07) is 3.37. The molecule has 0 atom stereocenters. The van der Waals surface area contributed by atoms with Crippen molar-refractivity contribution in [3.63, 3.8) is 0 Å². The van der Waals surface area contributed by atoms with Crippen molar-refractivity contribution >= 4 is 17.0 Å². The number of aliphatic hydroxyl groups is 1. The number of hydrogen-bond acceptors (Lipinski definition) is 5. The number of fused-ring (bicyclic) bond motifs is 1. The Bertz CT molecular complexity index is 942. The lowest BCUT2D eigenvalue weighted by Crippen LogP contribution is -2.20. The van der Waals surface area contributed by atoms with Crippen LogP contribution >= 0.6 is 0 Å². The number of aromatic carboxylic acids is 1. The third-order valence-corrected chi connectivity index (χ3v) is 3.29. The van der Waals surface area contributed by atoms with Gasteiger partial charge in [0.1, 0.15) is 0 Å². The minimum atomic E-state index is -1.38. The highest BCUT2D eigenvalue weighted by molar-refractivity contribution is 5.88. The summed E-state index contributed by atoms with van der Waals surface area (Å²) in [5, 5.41) is 18.0. The monoisotopic (exact) mass is 300 g/mol. The molecule has 8 nitrogen and oxygen atoms in total. The molecule has 0 aliphatic rings. The van der Waals surface area contributed by atoms with E-state index >= 15 is 0 Å². The fourth-order valence-corrected chi connectivity index (χ4v) is 2.23. The van der Waals surface area contributed by atoms with E-state index in [1.807, 2.05) is 6.92 Å². The Labute approximate surface area is 123 Å². The second kappa shape index (κ2) is 5.08. The van der Waals surface area contributed by atoms with Crippen LogP contribution in [0.2, 0.25) is 0 Å². The van der Waals surface area contributed by atoms with E-state index in [-0.39, 0.29) is 6.61 Å². The van der Waals surface area contributed by atoms with E-state index in [4.69, 9.17) is 10.2 Å². The van der Waals surface area contributed by atoms with Crippen molar-refractivity contribution in [2.45, 2.75) is 13.5 Å². The molecule has 0 aliphatic carbocycles. The average molecular weight is 300 g/mol. The van der Waals surface area contributed by atoms with E-state index in [1.165, 1.54) is 0 Å². The number of aromatic amines is 1. The summed E-state index contributed by atoms with van der Waals surface area (Å²) in [5.41, 5.74) is 1.61. The quantitative estimate of drug-likeness (QED) is 0.651. The van der Waals surface area contributed by atoms with E-state index in [9.17, 15) is 9.59 Å². The zero-order chi connectivity index (χ0) is 15.9. The smallest absolute Gasteiger partial charge is 0.360 e. The van der Waals surface area contributed by atoms with Gasteiger partial charge in [-0.2, -0.15) is 0 Å². The lowest BCUT2D eigenvalue weighted by atomic mass is 10.1. The Morgan fingerprint density at radius 1 is 1.41 bits per heavy atom. The molecule has 112 valence electrons. The van der Waals surface area contributed by atoms with Crippen LogP contribution in [-0.4, -0.2) is 35.7 Å². The highest BCUT2D eigenvalue weighted by Gasteiger charge is 2.14. The minimum Gasteiger partial charge on any atom is -0.476 e. The largest absolute Gasteiger partial charge is 0.476 e. The van der Waals surface area contributed by atoms with Crippen LogP contribution in [-0.2, 0) is 6.61 Å². The highest BCUT2D eigenvalue weighted by atomic mass is 16.4. The molecule has 22 heavy (non-hydrogen) atoms. The van der Waals surface area contributed by atoms with Crippen molar-refractivity contribution in [3.8, 4) is 5.69 Å². The summed E-state index contributed by atoms with van der Waals surface area (Å²) in [6.07, 6.45) is 3.21. The number of rotatable bonds is 3. The zero-order valence-corrected chi connectivity index (χ0v) is 11.6. The SMILES string of the molecule is Cc1cc2[nH]c(=O)c(C(=O)O)nc2cc1-n1cnc(CO)c1. The second-order valence-corrected chi connectivity index (χ2v) is 4.81. The van der Waals surface area contributed by atoms with Crippen LogP contribution in [0.1, 0.15) is 21.7 Å². The van der Waals surface area contributed by atoms with Crippen LogP contribution in [0.15, 0.2) is 29.5 Å². The molecule has 0 saturated carbocycles. The lowest BCUT2D eigenvalue weighted by Gasteiger charge is -2.08. The first-order chi connectivity index (χ1) is 10.5. The topological polar surface area (TPSA) is 121 Å². The molecule has 0 bridgehead atoms. The summed E-state index contributed by atoms with van der Waals surface area (Å²) in [6.45, 7) is 1.67. The van der Waals surface area contributed by atoms with Crippen molar-refractivity contribution in [1.82, 2.24) is 19.5 Å². The molecular formula is C14H12N4O4. The molecular weight excluding hydrogens is 288 g/mol. The average Bonchev–Trinajstić information content (AvgIpc) is 2.94. The summed E-state index contributed by atoms with van der Waals surface area (Å²) >= 11 is 0. The van der Waals surface area contributed by atoms with Crippen LogP contribution in [0.25, 0.3) is 16.7 Å². The predicted octanol–water partition coefficient (Wildman–Crippen LogP) is 0.608. The number of hydrogen-bond donors (Lipinski definition) is 3. The number of carbonyl (C=O) groups is 1. The number of aromatic nitrogens is 4. The van der Waals surface area contributed by atoms with Gasteiger partial charge >= 0.3 is 5.97 Å². The van der Waals surface area contributed by atoms with E-state index in [2.05, 4.69) is 15.0 Å². The Kier molecular flexibility index (Phi) is 3.22. The molecule has 3 aromatic rings. The standard InChI is InChI=1S/C14H12N4O4/c1-7-2-9-10(16-12(14(21)22)13(20)17-9)3-11(7)18-4-8(5-19)15-6-18/h2-4,6,19H,5H2,1H3,(H,17,20)(H,21,22). The fourth-order valence-electron chi connectivity index (χ4n) is 2.23. The predicted molar refractivity (Wildman–Crippen MR) is 77.1 cm³/mol. The maximum absolute atomic E-state index is 11.6. The third-order valence-electron chi connectivity index (χ3n) is 3.29. The van der Waals surface area contributed by atoms with E-state index in [1.54, 1.807) is 29.2 Å². The van der Waals surface area contributed by atoms with Crippen LogP contribution in [0.4, 0.5) is 0 Å². The number of aliphatic hydroxyl groups excluding tert-OH is 1. The first-order valence-corrected chi connectivity index (χ1v) is 6.41. The summed E-state index contributed by atoms with van der Waals surface area (Å²) in [4.78, 5) is 33.1. The fraction of sp³-hybridized carbons (Fsp3) is 0.143. The highest BCUT2D eigenvalue weighted by Crippen LogP contribution is 2.20. The molecule has 0 amide bonds. The summed E-state index contributed by atoms with van der Waals surface area (Å²) in [7, 11) is 0. The normalized spacial score (nSPS) is 11.0. The van der Waals surface area contributed by atoms with Gasteiger partial charge in [-0.25, -0.2) is 14.8 Å². The third kappa shape index (κ3) is 2.25. The first kappa shape index (κ1) is 14.0. The first-order valence-electron chi connectivity index (χ1n) is 6.41. The van der Waals surface area contributed by atoms with Crippen LogP contribution in [0, 0.1) is 6.92 Å². The van der Waals surface area contributed by atoms with Gasteiger partial charge in [-0.3, -0.25) is 4.79 Å². The van der Waals surface area contributed by atoms with Crippen LogP contribution in [0.3, 0.4) is 0 Å². The van der Waals surface area contributed by atoms with Crippen molar-refractivity contribution < 1.29 is 15.0 Å². The number of imidazole rings is 1. The van der Waals surface area contributed by atoms with Gasteiger partial charge in [-0.15, -0.1) is 0 Å². The van der Waals surface area contributed by atoms with Gasteiger partial charge in [-0.05, 0) is 24.6 Å². The molecule has 0 spiro atoms. The van der Waals surface area contributed by atoms with Gasteiger partial charge in [-0.1, -0.05) is 0 Å². The molecule has 0 unspecified atom stereocenters. The van der Waals surface area contributed by atoms with Crippen LogP contribution in [0.5, 0.6) is 0 Å². The molecule has 0 fully saturated rings. The number of nitrogens with one attached hydrogen (secondary N) is 1. The van der Waals surface area contributed by atoms with Crippen molar-refractivity contribution in [1.29, 1.82) is 0 Å². The van der Waals surface area contributed by atoms with Gasteiger partial charge in [0.25, 0.3) is 5.56 Å². The molecule has 3 N–H and O–H groups in total. The Morgan fingerprint density at radius 2 is 2.18 bits per heavy atom. The minimum absolute atomic E-state index is 0.172. The van der Waals surface area contributed by atoms with Gasteiger partial charge in [0.05, 0.1) is 35.3 Å². The molecule has 2 aromatic heterocycles.